The van der Waals surface area contributed by atoms with Gasteiger partial charge in [-0.15, -0.1) is 0 Å². The van der Waals surface area contributed by atoms with Crippen molar-refractivity contribution in [3.05, 3.63) is 0 Å². The number of carboxylic acids is 1. The third-order valence-corrected chi connectivity index (χ3v) is 0. The number of carboxylic acid groups (broad SMARTS) is 1. The van der Waals surface area contributed by atoms with E-state index >= 15 is 0 Å². The summed E-state index contributed by atoms with van der Waals surface area (Å²) in [5.74, 6) is -1.08. The monoisotopic (exact) mass is 176 g/mol. The van der Waals surface area contributed by atoms with Crippen LogP contribution in [0.3, 0.4) is 0 Å². The Bertz CT molecular complexity index is 49.3. The second-order valence-corrected chi connectivity index (χ2v) is 3.22. The van der Waals surface area contributed by atoms with Gasteiger partial charge in [-0.2, -0.15) is 0 Å². The second kappa shape index (κ2) is 15.9. The molecule has 0 aliphatic heterocycles. The first-order chi connectivity index (χ1) is 3.15. The number of carbonyl (C=O) groups is 1. The molecule has 0 atom stereocenters. The van der Waals surface area contributed by atoms with Crippen LogP contribution in [0.2, 0.25) is 0 Å². The summed E-state index contributed by atoms with van der Waals surface area (Å²) < 4.78 is 0. The van der Waals surface area contributed by atoms with Gasteiger partial charge in [0.2, 0.25) is 0 Å². The Morgan fingerprint density at radius 2 is 1.62 bits per heavy atom. The molecule has 0 saturated heterocycles. The van der Waals surface area contributed by atoms with Gasteiger partial charge in [0.05, 0.1) is 0 Å². The van der Waals surface area contributed by atoms with Crippen LogP contribution in [0.1, 0.15) is 6.92 Å². The number of carbonyl (C=O) groups excluding carboxylic acids is 1. The van der Waals surface area contributed by atoms with Crippen molar-refractivity contribution in [1.29, 1.82) is 0 Å². The fourth-order valence-electron chi connectivity index (χ4n) is 0. The summed E-state index contributed by atoms with van der Waals surface area (Å²) in [5.41, 5.74) is 0. The van der Waals surface area contributed by atoms with Crippen LogP contribution < -0.4 is 34.7 Å². The van der Waals surface area contributed by atoms with Gasteiger partial charge < -0.3 is 28.0 Å². The van der Waals surface area contributed by atoms with Crippen molar-refractivity contribution in [2.24, 2.45) is 0 Å². The Balaban J connectivity index is -0.0000000575. The molecule has 8 heavy (non-hydrogen) atoms. The summed E-state index contributed by atoms with van der Waals surface area (Å²) in [6.45, 7) is 0.972. The van der Waals surface area contributed by atoms with E-state index in [1.807, 2.05) is 0 Å². The molecule has 0 saturated carbocycles. The van der Waals surface area contributed by atoms with Crippen LogP contribution in [0.15, 0.2) is 0 Å². The van der Waals surface area contributed by atoms with E-state index < -0.39 is 24.1 Å². The zero-order chi connectivity index (χ0) is 6.28. The molecule has 0 aromatic carbocycles. The molecule has 0 unspecified atom stereocenters. The molecule has 40 valence electrons. The second-order valence-electron chi connectivity index (χ2n) is 0.593. The first kappa shape index (κ1) is 16.4. The van der Waals surface area contributed by atoms with Gasteiger partial charge in [0.1, 0.15) is 0 Å². The molecule has 0 aliphatic rings. The van der Waals surface area contributed by atoms with Gasteiger partial charge in [-0.1, -0.05) is 0 Å². The van der Waals surface area contributed by atoms with E-state index in [2.05, 4.69) is 0 Å². The molecule has 0 heterocycles. The van der Waals surface area contributed by atoms with Gasteiger partial charge in [-0.05, 0) is 6.92 Å². The molecule has 6 heteroatoms. The Kier molecular flexibility index (Phi) is 32.7. The number of hydrogen-bond acceptors (Lipinski definition) is 2. The normalized spacial score (nSPS) is 4.38. The van der Waals surface area contributed by atoms with E-state index in [4.69, 9.17) is 28.0 Å². The molecule has 0 amide bonds. The van der Waals surface area contributed by atoms with Crippen LogP contribution >= 0.6 is 18.1 Å². The molecule has 0 aromatic heterocycles. The maximum atomic E-state index is 8.89. The van der Waals surface area contributed by atoms with E-state index in [0.717, 1.165) is 6.92 Å². The van der Waals surface area contributed by atoms with Gasteiger partial charge in [-0.25, -0.2) is 0 Å². The molecular formula is C2H3Cl2MgNaO2. The number of rotatable bonds is 0. The first-order valence-electron chi connectivity index (χ1n) is 1.44. The Morgan fingerprint density at radius 1 is 1.62 bits per heavy atom. The minimum absolute atomic E-state index is 0. The fourth-order valence-corrected chi connectivity index (χ4v) is 0. The Labute approximate surface area is 87.5 Å². The van der Waals surface area contributed by atoms with Gasteiger partial charge in [-0.3, -0.25) is 0 Å². The van der Waals surface area contributed by atoms with E-state index in [0.29, 0.717) is 0 Å². The van der Waals surface area contributed by atoms with Crippen LogP contribution in [0.25, 0.3) is 0 Å². The Hall–Kier alpha value is 1.82. The predicted molar refractivity (Wildman–Crippen MR) is 28.1 cm³/mol. The molecule has 0 radical (unpaired) electrons. The van der Waals surface area contributed by atoms with Crippen LogP contribution in [0, 0.1) is 0 Å². The molecule has 0 spiro atoms. The standard InChI is InChI=1S/C2H4O2.2ClH.Mg.Na/c1-2(3)4;;;;/h1H3,(H,3,4);2*1H;;/q;;;+2;+1/p-3. The van der Waals surface area contributed by atoms with Gasteiger partial charge >= 0.3 is 47.7 Å². The summed E-state index contributed by atoms with van der Waals surface area (Å²) in [6.07, 6.45) is 0. The van der Waals surface area contributed by atoms with Crippen molar-refractivity contribution in [2.45, 2.75) is 6.92 Å². The largest absolute Gasteiger partial charge is 1.00 e. The summed E-state index contributed by atoms with van der Waals surface area (Å²) in [6, 6.07) is 0. The number of hydrogen-bond donors (Lipinski definition) is 0. The van der Waals surface area contributed by atoms with E-state index in [9.17, 15) is 0 Å². The fraction of sp³-hybridized carbons (Fsp3) is 0.500. The number of halogens is 2. The zero-order valence-corrected chi connectivity index (χ0v) is 9.71. The molecular weight excluding hydrogens is 174 g/mol. The van der Waals surface area contributed by atoms with Crippen molar-refractivity contribution in [3.8, 4) is 0 Å². The third kappa shape index (κ3) is 110. The summed E-state index contributed by atoms with van der Waals surface area (Å²) in [7, 11) is 9.81. The van der Waals surface area contributed by atoms with Gasteiger partial charge in [0, 0.05) is 5.97 Å². The van der Waals surface area contributed by atoms with Crippen LogP contribution in [0.5, 0.6) is 0 Å². The zero-order valence-electron chi connectivity index (χ0n) is 4.78. The average molecular weight is 177 g/mol. The predicted octanol–water partition coefficient (Wildman–Crippen LogP) is -3.24. The minimum Gasteiger partial charge on any atom is -0.550 e. The van der Waals surface area contributed by atoms with Gasteiger partial charge in [0.15, 0.2) is 0 Å². The topological polar surface area (TPSA) is 40.1 Å². The number of aliphatic carboxylic acids is 1. The van der Waals surface area contributed by atoms with Crippen molar-refractivity contribution in [2.75, 3.05) is 0 Å². The smallest absolute Gasteiger partial charge is 0.550 e. The van der Waals surface area contributed by atoms with Crippen LogP contribution in [0.4, 0.5) is 0 Å². The molecule has 0 rings (SSSR count). The van der Waals surface area contributed by atoms with E-state index in [1.54, 1.807) is 0 Å². The molecule has 0 aliphatic carbocycles. The van der Waals surface area contributed by atoms with E-state index in [1.165, 1.54) is 0 Å². The molecule has 0 fully saturated rings. The average Bonchev–Trinajstić information content (AvgIpc) is 1.33. The molecule has 2 nitrogen and oxygen atoms in total. The molecule has 0 bridgehead atoms. The minimum atomic E-state index is -1.08. The van der Waals surface area contributed by atoms with Gasteiger partial charge in [0.25, 0.3) is 0 Å². The summed E-state index contributed by atoms with van der Waals surface area (Å²) in [5, 5.41) is 8.89. The Morgan fingerprint density at radius 3 is 1.62 bits per heavy atom. The quantitative estimate of drug-likeness (QED) is 0.365. The maximum Gasteiger partial charge on any atom is 1.00 e. The summed E-state index contributed by atoms with van der Waals surface area (Å²) in [4.78, 5) is 8.89. The van der Waals surface area contributed by atoms with Crippen molar-refractivity contribution < 1.29 is 39.5 Å². The van der Waals surface area contributed by atoms with Crippen molar-refractivity contribution in [3.63, 3.8) is 0 Å². The maximum absolute atomic E-state index is 8.89. The molecule has 0 aromatic rings. The van der Waals surface area contributed by atoms with Crippen LogP contribution in [-0.4, -0.2) is 24.1 Å². The van der Waals surface area contributed by atoms with Crippen LogP contribution in [-0.2, 0) is 4.79 Å². The van der Waals surface area contributed by atoms with E-state index in [-0.39, 0.29) is 29.6 Å². The summed E-state index contributed by atoms with van der Waals surface area (Å²) >= 11 is -0.639. The first-order valence-corrected chi connectivity index (χ1v) is 5.72. The van der Waals surface area contributed by atoms with Crippen molar-refractivity contribution >= 4 is 42.3 Å². The molecule has 0 N–H and O–H groups in total. The van der Waals surface area contributed by atoms with Crippen molar-refractivity contribution in [1.82, 2.24) is 0 Å². The third-order valence-electron chi connectivity index (χ3n) is 0. The SMILES string of the molecule is CC(=O)[O-].[Cl][Mg][Cl].[Na+].